The largest absolute Gasteiger partial charge is 0.356 e. The molecular formula is C2H5BNO. The van der Waals surface area contributed by atoms with Crippen LogP contribution in [0, 0.1) is 0 Å². The van der Waals surface area contributed by atoms with Gasteiger partial charge < -0.3 is 10.0 Å². The molecule has 0 aliphatic heterocycles. The molecule has 0 aromatic carbocycles. The fourth-order valence-corrected chi connectivity index (χ4v) is 0.0680. The van der Waals surface area contributed by atoms with Crippen LogP contribution in [0.3, 0.4) is 0 Å². The molecule has 0 saturated heterocycles. The van der Waals surface area contributed by atoms with Crippen molar-refractivity contribution in [2.75, 3.05) is 7.05 Å². The van der Waals surface area contributed by atoms with Crippen LogP contribution in [0.1, 0.15) is 0 Å². The fraction of sp³-hybridized carbons (Fsp3) is 0.500. The molecule has 0 fully saturated rings. The molecule has 0 heterocycles. The third-order valence-corrected chi connectivity index (χ3v) is 0.235. The first-order chi connectivity index (χ1) is 2.41. The summed E-state index contributed by atoms with van der Waals surface area (Å²) in [6, 6.07) is 0. The van der Waals surface area contributed by atoms with Crippen LogP contribution in [0.15, 0.2) is 0 Å². The molecule has 0 aromatic rings. The molecule has 0 spiro atoms. The van der Waals surface area contributed by atoms with E-state index in [-0.39, 0.29) is 0 Å². The Morgan fingerprint density at radius 3 is 2.60 bits per heavy atom. The van der Waals surface area contributed by atoms with Crippen molar-refractivity contribution in [3.8, 4) is 0 Å². The van der Waals surface area contributed by atoms with Gasteiger partial charge in [-0.25, -0.2) is 0 Å². The molecule has 0 unspecified atom stereocenters. The molecule has 5 heavy (non-hydrogen) atoms. The van der Waals surface area contributed by atoms with Crippen LogP contribution in [0.5, 0.6) is 0 Å². The standard InChI is InChI=1S/C2H5BNO/c1-4-3-2-5/h2,4H,1H3. The minimum atomic E-state index is 0.694. The molecule has 1 radical (unpaired) electrons. The summed E-state index contributed by atoms with van der Waals surface area (Å²) in [6.45, 7) is 0. The number of rotatable bonds is 2. The number of hydrogen-bond acceptors (Lipinski definition) is 2. The Labute approximate surface area is 31.8 Å². The summed E-state index contributed by atoms with van der Waals surface area (Å²) in [5, 5.41) is 2.52. The zero-order chi connectivity index (χ0) is 4.12. The van der Waals surface area contributed by atoms with Gasteiger partial charge in [0.2, 0.25) is 0 Å². The molecule has 0 aliphatic carbocycles. The van der Waals surface area contributed by atoms with Gasteiger partial charge in [0.1, 0.15) is 0 Å². The normalized spacial score (nSPS) is 6.60. The van der Waals surface area contributed by atoms with E-state index >= 15 is 0 Å². The molecule has 0 aromatic heterocycles. The van der Waals surface area contributed by atoms with Crippen molar-refractivity contribution in [1.82, 2.24) is 5.23 Å². The summed E-state index contributed by atoms with van der Waals surface area (Å²) in [4.78, 5) is 9.29. The van der Waals surface area contributed by atoms with Gasteiger partial charge in [0, 0.05) is 0 Å². The van der Waals surface area contributed by atoms with Crippen LogP contribution in [0.2, 0.25) is 0 Å². The Hall–Kier alpha value is -0.305. The zero-order valence-corrected chi connectivity index (χ0v) is 3.06. The van der Waals surface area contributed by atoms with Gasteiger partial charge >= 0.3 is 0 Å². The topological polar surface area (TPSA) is 29.1 Å². The van der Waals surface area contributed by atoms with E-state index in [4.69, 9.17) is 0 Å². The van der Waals surface area contributed by atoms with E-state index in [9.17, 15) is 4.79 Å². The van der Waals surface area contributed by atoms with Crippen molar-refractivity contribution < 1.29 is 4.79 Å². The van der Waals surface area contributed by atoms with Crippen molar-refractivity contribution >= 4 is 13.6 Å². The second-order valence-corrected chi connectivity index (χ2v) is 0.591. The molecule has 1 N–H and O–H groups in total. The van der Waals surface area contributed by atoms with Gasteiger partial charge in [-0.2, -0.15) is 0 Å². The smallest absolute Gasteiger partial charge is 0.290 e. The highest BCUT2D eigenvalue weighted by Gasteiger charge is 1.70. The lowest BCUT2D eigenvalue weighted by Gasteiger charge is -1.71. The average Bonchev–Trinajstić information content (AvgIpc) is 1.41. The summed E-state index contributed by atoms with van der Waals surface area (Å²) in [5.74, 6) is 0. The predicted molar refractivity (Wildman–Crippen MR) is 21.6 cm³/mol. The third-order valence-electron chi connectivity index (χ3n) is 0.235. The van der Waals surface area contributed by atoms with Crippen molar-refractivity contribution in [1.29, 1.82) is 0 Å². The number of carbonyl (C=O) groups is 1. The Kier molecular flexibility index (Phi) is 3.47. The summed E-state index contributed by atoms with van der Waals surface area (Å²) in [5.41, 5.74) is 0. The monoisotopic (exact) mass is 70.0 g/mol. The summed E-state index contributed by atoms with van der Waals surface area (Å²) in [7, 11) is 2.99. The number of hydrogen-bond donors (Lipinski definition) is 1. The highest BCUT2D eigenvalue weighted by atomic mass is 16.1. The number of carbonyl (C=O) groups excluding carboxylic acids is 1. The molecule has 0 aliphatic rings. The summed E-state index contributed by atoms with van der Waals surface area (Å²) >= 11 is 0. The molecule has 0 saturated carbocycles. The van der Waals surface area contributed by atoms with Crippen LogP contribution < -0.4 is 5.23 Å². The van der Waals surface area contributed by atoms with Crippen molar-refractivity contribution in [3.05, 3.63) is 0 Å². The first kappa shape index (κ1) is 4.69. The van der Waals surface area contributed by atoms with Gasteiger partial charge in [-0.3, -0.25) is 0 Å². The van der Waals surface area contributed by atoms with Crippen molar-refractivity contribution in [3.63, 3.8) is 0 Å². The van der Waals surface area contributed by atoms with E-state index in [1.165, 1.54) is 7.41 Å². The van der Waals surface area contributed by atoms with Crippen LogP contribution in [-0.2, 0) is 4.79 Å². The molecule has 0 rings (SSSR count). The first-order valence-electron chi connectivity index (χ1n) is 1.36. The maximum atomic E-state index is 9.29. The predicted octanol–water partition coefficient (Wildman–Crippen LogP) is -0.985. The Balaban J connectivity index is 2.40. The molecule has 2 nitrogen and oxygen atoms in total. The molecule has 3 heteroatoms. The Bertz CT molecular complexity index is 30.8. The van der Waals surface area contributed by atoms with E-state index in [2.05, 4.69) is 5.23 Å². The lowest BCUT2D eigenvalue weighted by molar-refractivity contribution is 0.568. The minimum absolute atomic E-state index is 0.694. The van der Waals surface area contributed by atoms with E-state index in [0.717, 1.165) is 0 Å². The molecular weight excluding hydrogens is 64.8 g/mol. The highest BCUT2D eigenvalue weighted by Crippen LogP contribution is 1.26. The van der Waals surface area contributed by atoms with Crippen LogP contribution in [0.4, 0.5) is 0 Å². The SMILES string of the molecule is CN[B]C=O. The van der Waals surface area contributed by atoms with E-state index < -0.39 is 0 Å². The minimum Gasteiger partial charge on any atom is -0.356 e. The van der Waals surface area contributed by atoms with Gasteiger partial charge in [-0.15, -0.1) is 0 Å². The van der Waals surface area contributed by atoms with E-state index in [1.807, 2.05) is 0 Å². The Morgan fingerprint density at radius 2 is 2.60 bits per heavy atom. The fourth-order valence-electron chi connectivity index (χ4n) is 0.0680. The highest BCUT2D eigenvalue weighted by molar-refractivity contribution is 6.64. The summed E-state index contributed by atoms with van der Waals surface area (Å²) in [6.07, 6.45) is 0.694. The number of nitrogens with one attached hydrogen (secondary N) is 1. The molecule has 0 amide bonds. The van der Waals surface area contributed by atoms with Gasteiger partial charge in [0.25, 0.3) is 7.41 Å². The van der Waals surface area contributed by atoms with Gasteiger partial charge in [0.05, 0.1) is 6.19 Å². The third kappa shape index (κ3) is 3.69. The maximum Gasteiger partial charge on any atom is 0.290 e. The van der Waals surface area contributed by atoms with E-state index in [1.54, 1.807) is 7.05 Å². The van der Waals surface area contributed by atoms with Gasteiger partial charge in [0.15, 0.2) is 0 Å². The Morgan fingerprint density at radius 1 is 2.00 bits per heavy atom. The molecule has 0 bridgehead atoms. The van der Waals surface area contributed by atoms with Crippen molar-refractivity contribution in [2.24, 2.45) is 0 Å². The molecule has 27 valence electrons. The van der Waals surface area contributed by atoms with E-state index in [0.29, 0.717) is 6.19 Å². The lowest BCUT2D eigenvalue weighted by Crippen LogP contribution is -2.12. The van der Waals surface area contributed by atoms with Crippen LogP contribution in [0.25, 0.3) is 0 Å². The molecule has 0 atom stereocenters. The second-order valence-electron chi connectivity index (χ2n) is 0.591. The maximum absolute atomic E-state index is 9.29. The second kappa shape index (κ2) is 3.69. The van der Waals surface area contributed by atoms with Crippen LogP contribution >= 0.6 is 0 Å². The lowest BCUT2D eigenvalue weighted by atomic mass is 10.0. The van der Waals surface area contributed by atoms with Crippen LogP contribution in [-0.4, -0.2) is 20.6 Å². The zero-order valence-electron chi connectivity index (χ0n) is 3.06. The first-order valence-corrected chi connectivity index (χ1v) is 1.36. The van der Waals surface area contributed by atoms with Gasteiger partial charge in [-0.05, 0) is 7.05 Å². The van der Waals surface area contributed by atoms with Gasteiger partial charge in [-0.1, -0.05) is 0 Å². The average molecular weight is 69.9 g/mol. The quantitative estimate of drug-likeness (QED) is 0.334. The summed E-state index contributed by atoms with van der Waals surface area (Å²) < 4.78 is 0. The van der Waals surface area contributed by atoms with Crippen molar-refractivity contribution in [2.45, 2.75) is 0 Å².